The number of carbonyl (C=O) groups excluding carboxylic acids is 1. The smallest absolute Gasteiger partial charge is 0.221 e. The van der Waals surface area contributed by atoms with E-state index in [2.05, 4.69) is 46.1 Å². The summed E-state index contributed by atoms with van der Waals surface area (Å²) in [5.74, 6) is 0.903. The van der Waals surface area contributed by atoms with Crippen molar-refractivity contribution in [3.63, 3.8) is 0 Å². The second kappa shape index (κ2) is 7.38. The highest BCUT2D eigenvalue weighted by atomic mass is 16.1. The van der Waals surface area contributed by atoms with E-state index in [9.17, 15) is 4.79 Å². The molecule has 1 N–H and O–H groups in total. The van der Waals surface area contributed by atoms with E-state index in [1.54, 1.807) is 0 Å². The van der Waals surface area contributed by atoms with Gasteiger partial charge in [-0.2, -0.15) is 0 Å². The molecule has 3 rings (SSSR count). The molecule has 134 valence electrons. The number of benzene rings is 1. The van der Waals surface area contributed by atoms with Crippen LogP contribution in [0.4, 0.5) is 0 Å². The van der Waals surface area contributed by atoms with Gasteiger partial charge in [-0.15, -0.1) is 10.2 Å². The molecule has 1 heterocycles. The van der Waals surface area contributed by atoms with Gasteiger partial charge >= 0.3 is 0 Å². The highest BCUT2D eigenvalue weighted by Gasteiger charge is 2.27. The summed E-state index contributed by atoms with van der Waals surface area (Å²) in [4.78, 5) is 12.6. The second-order valence-electron chi connectivity index (χ2n) is 7.75. The van der Waals surface area contributed by atoms with Crippen LogP contribution in [0, 0.1) is 0 Å². The molecule has 1 atom stereocenters. The molecule has 0 unspecified atom stereocenters. The zero-order valence-corrected chi connectivity index (χ0v) is 15.4. The molecule has 0 bridgehead atoms. The minimum absolute atomic E-state index is 0.0438. The first-order valence-corrected chi connectivity index (χ1v) is 9.21. The molecule has 0 saturated heterocycles. The zero-order valence-electron chi connectivity index (χ0n) is 15.4. The molecule has 1 aliphatic rings. The van der Waals surface area contributed by atoms with Gasteiger partial charge in [0.25, 0.3) is 0 Å². The largest absolute Gasteiger partial charge is 0.346 e. The van der Waals surface area contributed by atoms with E-state index >= 15 is 0 Å². The molecule has 1 fully saturated rings. The molecule has 1 amide bonds. The molecule has 5 heteroatoms. The van der Waals surface area contributed by atoms with Crippen LogP contribution in [0.5, 0.6) is 0 Å². The number of hydrogen-bond acceptors (Lipinski definition) is 3. The number of hydrogen-bond donors (Lipinski definition) is 1. The van der Waals surface area contributed by atoms with Gasteiger partial charge in [-0.3, -0.25) is 4.79 Å². The minimum Gasteiger partial charge on any atom is -0.346 e. The molecule has 5 nitrogen and oxygen atoms in total. The minimum atomic E-state index is -0.204. The van der Waals surface area contributed by atoms with Gasteiger partial charge in [0.05, 0.1) is 6.04 Å². The topological polar surface area (TPSA) is 59.8 Å². The third-order valence-corrected chi connectivity index (χ3v) is 5.24. The molecule has 0 aliphatic heterocycles. The maximum Gasteiger partial charge on any atom is 0.221 e. The summed E-state index contributed by atoms with van der Waals surface area (Å²) in [6, 6.07) is 10.5. The van der Waals surface area contributed by atoms with Crippen LogP contribution in [-0.4, -0.2) is 20.7 Å². The van der Waals surface area contributed by atoms with E-state index in [1.165, 1.54) is 31.2 Å². The van der Waals surface area contributed by atoms with Crippen molar-refractivity contribution < 1.29 is 4.79 Å². The molecule has 1 aromatic carbocycles. The van der Waals surface area contributed by atoms with Crippen LogP contribution in [-0.2, 0) is 10.2 Å². The van der Waals surface area contributed by atoms with Gasteiger partial charge in [0.1, 0.15) is 6.33 Å². The summed E-state index contributed by atoms with van der Waals surface area (Å²) in [7, 11) is 0. The lowest BCUT2D eigenvalue weighted by Gasteiger charge is -2.26. The fourth-order valence-corrected chi connectivity index (χ4v) is 3.78. The lowest BCUT2D eigenvalue weighted by molar-refractivity contribution is -0.122. The summed E-state index contributed by atoms with van der Waals surface area (Å²) in [5.41, 5.74) is 0.969. The van der Waals surface area contributed by atoms with Crippen molar-refractivity contribution in [2.24, 2.45) is 0 Å². The van der Waals surface area contributed by atoms with Crippen LogP contribution < -0.4 is 5.32 Å². The van der Waals surface area contributed by atoms with E-state index in [1.807, 2.05) is 31.5 Å². The Morgan fingerprint density at radius 1 is 1.28 bits per heavy atom. The second-order valence-corrected chi connectivity index (χ2v) is 7.75. The highest BCUT2D eigenvalue weighted by Crippen LogP contribution is 2.31. The van der Waals surface area contributed by atoms with Crippen molar-refractivity contribution in [2.45, 2.75) is 70.4 Å². The number of nitrogens with one attached hydrogen (secondary N) is 1. The molecule has 0 spiro atoms. The Morgan fingerprint density at radius 2 is 1.96 bits per heavy atom. The number of amides is 1. The van der Waals surface area contributed by atoms with Crippen LogP contribution in [0.15, 0.2) is 36.7 Å². The van der Waals surface area contributed by atoms with Gasteiger partial charge in [-0.05, 0) is 30.7 Å². The van der Waals surface area contributed by atoms with Crippen molar-refractivity contribution in [3.8, 4) is 0 Å². The van der Waals surface area contributed by atoms with E-state index in [4.69, 9.17) is 0 Å². The van der Waals surface area contributed by atoms with Crippen LogP contribution in [0.1, 0.15) is 76.3 Å². The van der Waals surface area contributed by atoms with Crippen LogP contribution in [0.25, 0.3) is 0 Å². The summed E-state index contributed by atoms with van der Waals surface area (Å²) in [6.45, 7) is 6.20. The predicted molar refractivity (Wildman–Crippen MR) is 98.2 cm³/mol. The van der Waals surface area contributed by atoms with Gasteiger partial charge in [-0.25, -0.2) is 0 Å². The van der Waals surface area contributed by atoms with Crippen molar-refractivity contribution in [1.29, 1.82) is 0 Å². The third-order valence-electron chi connectivity index (χ3n) is 5.24. The highest BCUT2D eigenvalue weighted by molar-refractivity contribution is 5.77. The van der Waals surface area contributed by atoms with E-state index in [0.717, 1.165) is 5.82 Å². The number of aromatic nitrogens is 3. The Bertz CT molecular complexity index is 701. The normalized spacial score (nSPS) is 16.8. The number of rotatable bonds is 6. The van der Waals surface area contributed by atoms with Crippen molar-refractivity contribution in [2.75, 3.05) is 0 Å². The first-order chi connectivity index (χ1) is 12.0. The zero-order chi connectivity index (χ0) is 17.9. The summed E-state index contributed by atoms with van der Waals surface area (Å²) < 4.78 is 2.15. The van der Waals surface area contributed by atoms with Crippen LogP contribution in [0.3, 0.4) is 0 Å². The van der Waals surface area contributed by atoms with Crippen molar-refractivity contribution in [1.82, 2.24) is 20.1 Å². The molecule has 1 saturated carbocycles. The van der Waals surface area contributed by atoms with E-state index in [-0.39, 0.29) is 17.4 Å². The molecule has 2 aromatic rings. The summed E-state index contributed by atoms with van der Waals surface area (Å²) >= 11 is 0. The average Bonchev–Trinajstić information content (AvgIpc) is 3.26. The standard InChI is InChI=1S/C20H28N4O/c1-15(19-23-21-14-24(19)17-11-7-8-12-17)22-18(25)13-20(2,3)16-9-5-4-6-10-16/h4-6,9-10,14-15,17H,7-8,11-13H2,1-3H3,(H,22,25)/t15-/m1/s1. The molecule has 0 radical (unpaired) electrons. The SMILES string of the molecule is C[C@@H](NC(=O)CC(C)(C)c1ccccc1)c1nncn1C1CCCC1. The maximum atomic E-state index is 12.6. The lowest BCUT2D eigenvalue weighted by atomic mass is 9.81. The van der Waals surface area contributed by atoms with Gasteiger partial charge in [0.15, 0.2) is 5.82 Å². The fraction of sp³-hybridized carbons (Fsp3) is 0.550. The number of carbonyl (C=O) groups is 1. The van der Waals surface area contributed by atoms with Crippen LogP contribution >= 0.6 is 0 Å². The Balaban J connectivity index is 1.64. The average molecular weight is 340 g/mol. The monoisotopic (exact) mass is 340 g/mol. The first-order valence-electron chi connectivity index (χ1n) is 9.21. The quantitative estimate of drug-likeness (QED) is 0.866. The Hall–Kier alpha value is -2.17. The van der Waals surface area contributed by atoms with Crippen LogP contribution in [0.2, 0.25) is 0 Å². The maximum absolute atomic E-state index is 12.6. The van der Waals surface area contributed by atoms with E-state index < -0.39 is 0 Å². The van der Waals surface area contributed by atoms with Crippen molar-refractivity contribution in [3.05, 3.63) is 48.0 Å². The Morgan fingerprint density at radius 3 is 2.64 bits per heavy atom. The number of nitrogens with zero attached hydrogens (tertiary/aromatic N) is 3. The van der Waals surface area contributed by atoms with Gasteiger partial charge in [-0.1, -0.05) is 57.0 Å². The molecule has 1 aliphatic carbocycles. The van der Waals surface area contributed by atoms with Gasteiger partial charge < -0.3 is 9.88 Å². The predicted octanol–water partition coefficient (Wildman–Crippen LogP) is 3.94. The summed E-state index contributed by atoms with van der Waals surface area (Å²) in [6.07, 6.45) is 7.11. The summed E-state index contributed by atoms with van der Waals surface area (Å²) in [5, 5.41) is 11.5. The molecular formula is C20H28N4O. The first kappa shape index (κ1) is 17.6. The molecular weight excluding hydrogens is 312 g/mol. The lowest BCUT2D eigenvalue weighted by Crippen LogP contribution is -2.34. The molecule has 25 heavy (non-hydrogen) atoms. The molecule has 1 aromatic heterocycles. The van der Waals surface area contributed by atoms with Gasteiger partial charge in [0, 0.05) is 12.5 Å². The van der Waals surface area contributed by atoms with E-state index in [0.29, 0.717) is 12.5 Å². The van der Waals surface area contributed by atoms with Crippen molar-refractivity contribution >= 4 is 5.91 Å². The third kappa shape index (κ3) is 4.09. The van der Waals surface area contributed by atoms with Gasteiger partial charge in [0.2, 0.25) is 5.91 Å². The Labute approximate surface area is 149 Å². The fourth-order valence-electron chi connectivity index (χ4n) is 3.78. The Kier molecular flexibility index (Phi) is 5.21.